The first-order valence-corrected chi connectivity index (χ1v) is 11.2. The van der Waals surface area contributed by atoms with Crippen molar-refractivity contribution in [2.75, 3.05) is 32.1 Å². The molecule has 2 amide bonds. The van der Waals surface area contributed by atoms with Gasteiger partial charge in [-0.15, -0.1) is 11.6 Å². The van der Waals surface area contributed by atoms with Crippen LogP contribution in [0, 0.1) is 0 Å². The Morgan fingerprint density at radius 1 is 0.935 bits per heavy atom. The van der Waals surface area contributed by atoms with E-state index >= 15 is 0 Å². The van der Waals surface area contributed by atoms with Crippen molar-refractivity contribution in [3.05, 3.63) is 69.7 Å². The highest BCUT2D eigenvalue weighted by atomic mass is 35.5. The van der Waals surface area contributed by atoms with Crippen LogP contribution in [0.3, 0.4) is 0 Å². The van der Waals surface area contributed by atoms with E-state index in [0.717, 1.165) is 22.6 Å². The minimum Gasteiger partial charge on any atom is -0.355 e. The van der Waals surface area contributed by atoms with E-state index in [9.17, 15) is 4.79 Å². The number of aliphatic imine (C=N–C) groups is 2. The molecule has 0 radical (unpaired) electrons. The van der Waals surface area contributed by atoms with Gasteiger partial charge in [0.05, 0.1) is 24.6 Å². The van der Waals surface area contributed by atoms with Gasteiger partial charge in [0.15, 0.2) is 6.23 Å². The molecule has 1 aliphatic heterocycles. The molecule has 0 aromatic heterocycles. The van der Waals surface area contributed by atoms with E-state index in [1.807, 2.05) is 48.5 Å². The summed E-state index contributed by atoms with van der Waals surface area (Å²) >= 11 is 17.6. The number of halogens is 3. The van der Waals surface area contributed by atoms with Gasteiger partial charge in [0.2, 0.25) is 0 Å². The monoisotopic (exact) mass is 480 g/mol. The van der Waals surface area contributed by atoms with Gasteiger partial charge in [-0.1, -0.05) is 47.5 Å². The third-order valence-electron chi connectivity index (χ3n) is 4.44. The van der Waals surface area contributed by atoms with Crippen LogP contribution in [-0.2, 0) is 4.74 Å². The number of benzene rings is 2. The van der Waals surface area contributed by atoms with Crippen molar-refractivity contribution in [1.82, 2.24) is 10.6 Å². The van der Waals surface area contributed by atoms with Gasteiger partial charge in [-0.2, -0.15) is 0 Å². The number of ether oxygens (including phenoxy) is 1. The van der Waals surface area contributed by atoms with E-state index in [1.165, 1.54) is 0 Å². The number of rotatable bonds is 9. The summed E-state index contributed by atoms with van der Waals surface area (Å²) < 4.78 is 5.89. The smallest absolute Gasteiger partial charge is 0.314 e. The van der Waals surface area contributed by atoms with Gasteiger partial charge in [0.25, 0.3) is 0 Å². The summed E-state index contributed by atoms with van der Waals surface area (Å²) in [6.45, 7) is 1.79. The van der Waals surface area contributed by atoms with E-state index in [2.05, 4.69) is 10.6 Å². The largest absolute Gasteiger partial charge is 0.355 e. The van der Waals surface area contributed by atoms with Crippen LogP contribution in [0.4, 0.5) is 4.79 Å². The first-order valence-electron chi connectivity index (χ1n) is 9.90. The van der Waals surface area contributed by atoms with Gasteiger partial charge in [-0.3, -0.25) is 4.99 Å². The van der Waals surface area contributed by atoms with Gasteiger partial charge < -0.3 is 15.4 Å². The Morgan fingerprint density at radius 2 is 1.52 bits per heavy atom. The van der Waals surface area contributed by atoms with Crippen LogP contribution in [0.2, 0.25) is 10.0 Å². The SMILES string of the molecule is O=C(NCCCl)NCCCOC1CN=C(c2ccc(Cl)cc2)C(c2ccc(Cl)cc2)=N1. The maximum Gasteiger partial charge on any atom is 0.314 e. The van der Waals surface area contributed by atoms with Crippen LogP contribution in [0.15, 0.2) is 58.5 Å². The second kappa shape index (κ2) is 12.1. The predicted molar refractivity (Wildman–Crippen MR) is 127 cm³/mol. The third kappa shape index (κ3) is 7.21. The lowest BCUT2D eigenvalue weighted by Crippen LogP contribution is -2.37. The Bertz CT molecular complexity index is 931. The summed E-state index contributed by atoms with van der Waals surface area (Å²) in [5.41, 5.74) is 3.37. The van der Waals surface area contributed by atoms with Crippen LogP contribution in [0.1, 0.15) is 17.5 Å². The molecule has 1 aliphatic rings. The summed E-state index contributed by atoms with van der Waals surface area (Å²) in [5.74, 6) is 0.380. The van der Waals surface area contributed by atoms with Crippen molar-refractivity contribution >= 4 is 52.3 Å². The highest BCUT2D eigenvalue weighted by Crippen LogP contribution is 2.19. The average molecular weight is 482 g/mol. The second-order valence-corrected chi connectivity index (χ2v) is 7.98. The number of hydrogen-bond donors (Lipinski definition) is 2. The standard InChI is InChI=1S/C22H23Cl3N4O2/c23-10-12-27-22(30)26-11-1-13-31-19-14-28-20(15-2-6-17(24)7-3-15)21(29-19)16-4-8-18(25)9-5-16/h2-9,19H,1,10-14H2,(H2,26,27,30). The topological polar surface area (TPSA) is 75.1 Å². The highest BCUT2D eigenvalue weighted by Gasteiger charge is 2.22. The zero-order chi connectivity index (χ0) is 22.1. The number of carbonyl (C=O) groups is 1. The van der Waals surface area contributed by atoms with Crippen LogP contribution < -0.4 is 10.6 Å². The average Bonchev–Trinajstić information content (AvgIpc) is 2.78. The molecule has 0 saturated heterocycles. The lowest BCUT2D eigenvalue weighted by molar-refractivity contribution is 0.0639. The fourth-order valence-corrected chi connectivity index (χ4v) is 3.30. The zero-order valence-electron chi connectivity index (χ0n) is 16.8. The Balaban J connectivity index is 1.63. The van der Waals surface area contributed by atoms with Crippen molar-refractivity contribution in [3.63, 3.8) is 0 Å². The molecule has 0 fully saturated rings. The molecule has 164 valence electrons. The van der Waals surface area contributed by atoms with E-state index in [4.69, 9.17) is 49.5 Å². The van der Waals surface area contributed by atoms with Crippen molar-refractivity contribution in [1.29, 1.82) is 0 Å². The third-order valence-corrected chi connectivity index (χ3v) is 5.13. The van der Waals surface area contributed by atoms with Crippen LogP contribution >= 0.6 is 34.8 Å². The Kier molecular flexibility index (Phi) is 9.15. The highest BCUT2D eigenvalue weighted by molar-refractivity contribution is 6.54. The number of carbonyl (C=O) groups excluding carboxylic acids is 1. The fraction of sp³-hybridized carbons (Fsp3) is 0.318. The molecule has 9 heteroatoms. The molecule has 31 heavy (non-hydrogen) atoms. The molecule has 0 saturated carbocycles. The molecule has 2 aromatic rings. The second-order valence-electron chi connectivity index (χ2n) is 6.73. The Morgan fingerprint density at radius 3 is 2.13 bits per heavy atom. The van der Waals surface area contributed by atoms with Gasteiger partial charge in [-0.25, -0.2) is 9.79 Å². The summed E-state index contributed by atoms with van der Waals surface area (Å²) in [4.78, 5) is 21.1. The molecule has 2 aromatic carbocycles. The Hall–Kier alpha value is -2.12. The van der Waals surface area contributed by atoms with Crippen LogP contribution in [-0.4, -0.2) is 55.8 Å². The number of nitrogens with one attached hydrogen (secondary N) is 2. The summed E-state index contributed by atoms with van der Waals surface area (Å²) in [5, 5.41) is 6.71. The lowest BCUT2D eigenvalue weighted by Gasteiger charge is -2.21. The molecule has 1 heterocycles. The molecule has 0 bridgehead atoms. The molecule has 1 unspecified atom stereocenters. The first kappa shape index (κ1) is 23.5. The lowest BCUT2D eigenvalue weighted by atomic mass is 9.98. The maximum absolute atomic E-state index is 11.5. The number of urea groups is 1. The number of hydrogen-bond acceptors (Lipinski definition) is 4. The fourth-order valence-electron chi connectivity index (χ4n) is 2.95. The van der Waals surface area contributed by atoms with Gasteiger partial charge in [-0.05, 0) is 30.7 Å². The van der Waals surface area contributed by atoms with Crippen molar-refractivity contribution in [3.8, 4) is 0 Å². The van der Waals surface area contributed by atoms with Crippen LogP contribution in [0.25, 0.3) is 0 Å². The summed E-state index contributed by atoms with van der Waals surface area (Å²) in [6, 6.07) is 14.8. The number of nitrogens with zero attached hydrogens (tertiary/aromatic N) is 2. The molecule has 3 rings (SSSR count). The van der Waals surface area contributed by atoms with Gasteiger partial charge in [0.1, 0.15) is 0 Å². The van der Waals surface area contributed by atoms with E-state index in [0.29, 0.717) is 48.6 Å². The molecule has 0 spiro atoms. The van der Waals surface area contributed by atoms with E-state index in [-0.39, 0.29) is 6.03 Å². The molecule has 1 atom stereocenters. The number of amides is 2. The van der Waals surface area contributed by atoms with Crippen molar-refractivity contribution < 1.29 is 9.53 Å². The Labute approximate surface area is 196 Å². The molecule has 2 N–H and O–H groups in total. The van der Waals surface area contributed by atoms with Crippen LogP contribution in [0.5, 0.6) is 0 Å². The molecular formula is C22H23Cl3N4O2. The first-order chi connectivity index (χ1) is 15.1. The van der Waals surface area contributed by atoms with Crippen molar-refractivity contribution in [2.45, 2.75) is 12.6 Å². The van der Waals surface area contributed by atoms with E-state index < -0.39 is 6.23 Å². The van der Waals surface area contributed by atoms with Gasteiger partial charge >= 0.3 is 6.03 Å². The van der Waals surface area contributed by atoms with E-state index in [1.54, 1.807) is 0 Å². The molecule has 6 nitrogen and oxygen atoms in total. The quantitative estimate of drug-likeness (QED) is 0.407. The summed E-state index contributed by atoms with van der Waals surface area (Å²) in [7, 11) is 0. The summed E-state index contributed by atoms with van der Waals surface area (Å²) in [6.07, 6.45) is 0.261. The normalized spacial score (nSPS) is 15.8. The molecule has 0 aliphatic carbocycles. The maximum atomic E-state index is 11.5. The minimum atomic E-state index is -0.396. The predicted octanol–water partition coefficient (Wildman–Crippen LogP) is 4.56. The molecular weight excluding hydrogens is 459 g/mol. The van der Waals surface area contributed by atoms with Gasteiger partial charge in [0, 0.05) is 40.1 Å². The number of alkyl halides is 1. The zero-order valence-corrected chi connectivity index (χ0v) is 19.1. The minimum absolute atomic E-state index is 0.237. The van der Waals surface area contributed by atoms with Crippen molar-refractivity contribution in [2.24, 2.45) is 9.98 Å².